The fourth-order valence-electron chi connectivity index (χ4n) is 1.83. The fourth-order valence-corrected chi connectivity index (χ4v) is 2.20. The molecule has 1 N–H and O–H groups in total. The van der Waals surface area contributed by atoms with Crippen LogP contribution in [0.1, 0.15) is 27.3 Å². The average Bonchev–Trinajstić information content (AvgIpc) is 2.33. The van der Waals surface area contributed by atoms with Crippen LogP contribution in [0.15, 0.2) is 24.5 Å². The third-order valence-corrected chi connectivity index (χ3v) is 3.00. The molecule has 5 heteroatoms. The predicted octanol–water partition coefficient (Wildman–Crippen LogP) is 3.31. The second kappa shape index (κ2) is 5.36. The van der Waals surface area contributed by atoms with E-state index in [0.29, 0.717) is 16.4 Å². The SMILES string of the molecule is Cc1cc(C)c(NC(=O)c2cc(C)ncn2)c(Cl)c1. The Kier molecular flexibility index (Phi) is 3.81. The molecule has 4 nitrogen and oxygen atoms in total. The van der Waals surface area contributed by atoms with E-state index in [1.807, 2.05) is 32.9 Å². The second-order valence-corrected chi connectivity index (χ2v) is 4.84. The van der Waals surface area contributed by atoms with Crippen LogP contribution < -0.4 is 5.32 Å². The van der Waals surface area contributed by atoms with Gasteiger partial charge in [0.05, 0.1) is 10.7 Å². The second-order valence-electron chi connectivity index (χ2n) is 4.44. The van der Waals surface area contributed by atoms with E-state index in [-0.39, 0.29) is 5.91 Å². The maximum absolute atomic E-state index is 12.1. The van der Waals surface area contributed by atoms with Crippen molar-refractivity contribution in [2.45, 2.75) is 20.8 Å². The minimum Gasteiger partial charge on any atom is -0.319 e. The normalized spacial score (nSPS) is 10.3. The van der Waals surface area contributed by atoms with Crippen molar-refractivity contribution in [1.82, 2.24) is 9.97 Å². The molecule has 0 aliphatic carbocycles. The van der Waals surface area contributed by atoms with Crippen molar-refractivity contribution in [2.75, 3.05) is 5.32 Å². The Balaban J connectivity index is 2.29. The molecule has 0 atom stereocenters. The van der Waals surface area contributed by atoms with Crippen LogP contribution in [0.3, 0.4) is 0 Å². The summed E-state index contributed by atoms with van der Waals surface area (Å²) in [6.07, 6.45) is 1.37. The predicted molar refractivity (Wildman–Crippen MR) is 75.6 cm³/mol. The number of hydrogen-bond donors (Lipinski definition) is 1. The van der Waals surface area contributed by atoms with E-state index >= 15 is 0 Å². The summed E-state index contributed by atoms with van der Waals surface area (Å²) < 4.78 is 0. The third kappa shape index (κ3) is 3.09. The topological polar surface area (TPSA) is 54.9 Å². The van der Waals surface area contributed by atoms with Gasteiger partial charge in [-0.15, -0.1) is 0 Å². The van der Waals surface area contributed by atoms with Crippen molar-refractivity contribution in [1.29, 1.82) is 0 Å². The summed E-state index contributed by atoms with van der Waals surface area (Å²) >= 11 is 6.15. The standard InChI is InChI=1S/C14H14ClN3O/c1-8-4-9(2)13(11(15)5-8)18-14(19)12-6-10(3)16-7-17-12/h4-7H,1-3H3,(H,18,19). The van der Waals surface area contributed by atoms with Gasteiger partial charge in [-0.2, -0.15) is 0 Å². The van der Waals surface area contributed by atoms with Gasteiger partial charge in [-0.3, -0.25) is 4.79 Å². The van der Waals surface area contributed by atoms with Gasteiger partial charge < -0.3 is 5.32 Å². The molecule has 0 aliphatic heterocycles. The number of nitrogens with zero attached hydrogens (tertiary/aromatic N) is 2. The highest BCUT2D eigenvalue weighted by Crippen LogP contribution is 2.27. The number of halogens is 1. The third-order valence-electron chi connectivity index (χ3n) is 2.71. The summed E-state index contributed by atoms with van der Waals surface area (Å²) in [5.41, 5.74) is 3.66. The number of nitrogens with one attached hydrogen (secondary N) is 1. The van der Waals surface area contributed by atoms with Crippen molar-refractivity contribution in [3.63, 3.8) is 0 Å². The maximum Gasteiger partial charge on any atom is 0.274 e. The van der Waals surface area contributed by atoms with Crippen LogP contribution >= 0.6 is 11.6 Å². The largest absolute Gasteiger partial charge is 0.319 e. The molecule has 2 aromatic rings. The zero-order valence-corrected chi connectivity index (χ0v) is 11.7. The summed E-state index contributed by atoms with van der Waals surface area (Å²) in [4.78, 5) is 20.0. The number of aryl methyl sites for hydroxylation is 3. The van der Waals surface area contributed by atoms with Gasteiger partial charge in [0.2, 0.25) is 0 Å². The molecular weight excluding hydrogens is 262 g/mol. The van der Waals surface area contributed by atoms with Crippen LogP contribution in [0.5, 0.6) is 0 Å². The number of carbonyl (C=O) groups excluding carboxylic acids is 1. The van der Waals surface area contributed by atoms with Gasteiger partial charge in [-0.05, 0) is 44.0 Å². The Labute approximate surface area is 116 Å². The quantitative estimate of drug-likeness (QED) is 0.915. The number of benzene rings is 1. The van der Waals surface area contributed by atoms with E-state index < -0.39 is 0 Å². The van der Waals surface area contributed by atoms with Gasteiger partial charge in [0.25, 0.3) is 5.91 Å². The maximum atomic E-state index is 12.1. The Morgan fingerprint density at radius 2 is 1.89 bits per heavy atom. The average molecular weight is 276 g/mol. The Hall–Kier alpha value is -1.94. The van der Waals surface area contributed by atoms with Gasteiger partial charge in [0.1, 0.15) is 12.0 Å². The lowest BCUT2D eigenvalue weighted by Gasteiger charge is -2.11. The number of hydrogen-bond acceptors (Lipinski definition) is 3. The minimum atomic E-state index is -0.292. The molecule has 0 unspecified atom stereocenters. The van der Waals surface area contributed by atoms with Crippen molar-refractivity contribution < 1.29 is 4.79 Å². The van der Waals surface area contributed by atoms with Gasteiger partial charge in [0, 0.05) is 5.69 Å². The molecular formula is C14H14ClN3O. The number of carbonyl (C=O) groups is 1. The lowest BCUT2D eigenvalue weighted by atomic mass is 10.1. The van der Waals surface area contributed by atoms with Crippen LogP contribution in [0.2, 0.25) is 5.02 Å². The van der Waals surface area contributed by atoms with E-state index in [4.69, 9.17) is 11.6 Å². The minimum absolute atomic E-state index is 0.292. The van der Waals surface area contributed by atoms with E-state index in [2.05, 4.69) is 15.3 Å². The molecule has 1 amide bonds. The first-order chi connectivity index (χ1) is 8.97. The van der Waals surface area contributed by atoms with Crippen LogP contribution in [-0.4, -0.2) is 15.9 Å². The molecule has 0 saturated heterocycles. The Morgan fingerprint density at radius 1 is 1.16 bits per heavy atom. The lowest BCUT2D eigenvalue weighted by Crippen LogP contribution is -2.15. The molecule has 1 aromatic heterocycles. The molecule has 19 heavy (non-hydrogen) atoms. The summed E-state index contributed by atoms with van der Waals surface area (Å²) in [6.45, 7) is 5.67. The number of anilines is 1. The number of rotatable bonds is 2. The molecule has 0 bridgehead atoms. The smallest absolute Gasteiger partial charge is 0.274 e. The Morgan fingerprint density at radius 3 is 2.53 bits per heavy atom. The molecule has 1 aromatic carbocycles. The number of amides is 1. The molecule has 2 rings (SSSR count). The molecule has 0 radical (unpaired) electrons. The fraction of sp³-hybridized carbons (Fsp3) is 0.214. The molecule has 0 saturated carbocycles. The van der Waals surface area contributed by atoms with Crippen LogP contribution in [-0.2, 0) is 0 Å². The molecule has 0 spiro atoms. The van der Waals surface area contributed by atoms with Crippen molar-refractivity contribution >= 4 is 23.2 Å². The highest BCUT2D eigenvalue weighted by atomic mass is 35.5. The first kappa shape index (κ1) is 13.5. The summed E-state index contributed by atoms with van der Waals surface area (Å²) in [7, 11) is 0. The van der Waals surface area contributed by atoms with Gasteiger partial charge >= 0.3 is 0 Å². The van der Waals surface area contributed by atoms with Gasteiger partial charge in [-0.1, -0.05) is 17.7 Å². The van der Waals surface area contributed by atoms with Crippen molar-refractivity contribution in [3.8, 4) is 0 Å². The highest BCUT2D eigenvalue weighted by molar-refractivity contribution is 6.34. The summed E-state index contributed by atoms with van der Waals surface area (Å²) in [5, 5.41) is 3.31. The molecule has 98 valence electrons. The van der Waals surface area contributed by atoms with Gasteiger partial charge in [-0.25, -0.2) is 9.97 Å². The molecule has 1 heterocycles. The van der Waals surface area contributed by atoms with Gasteiger partial charge in [0.15, 0.2) is 0 Å². The van der Waals surface area contributed by atoms with Crippen LogP contribution in [0.4, 0.5) is 5.69 Å². The van der Waals surface area contributed by atoms with Crippen LogP contribution in [0, 0.1) is 20.8 Å². The molecule has 0 aliphatic rings. The van der Waals surface area contributed by atoms with E-state index in [0.717, 1.165) is 16.8 Å². The van der Waals surface area contributed by atoms with E-state index in [1.165, 1.54) is 6.33 Å². The molecule has 0 fully saturated rings. The zero-order valence-electron chi connectivity index (χ0n) is 11.0. The first-order valence-corrected chi connectivity index (χ1v) is 6.22. The van der Waals surface area contributed by atoms with E-state index in [9.17, 15) is 4.79 Å². The first-order valence-electron chi connectivity index (χ1n) is 5.84. The van der Waals surface area contributed by atoms with Crippen LogP contribution in [0.25, 0.3) is 0 Å². The summed E-state index contributed by atoms with van der Waals surface area (Å²) in [5.74, 6) is -0.292. The summed E-state index contributed by atoms with van der Waals surface area (Å²) in [6, 6.07) is 5.41. The Bertz CT molecular complexity index is 617. The zero-order chi connectivity index (χ0) is 14.0. The monoisotopic (exact) mass is 275 g/mol. The van der Waals surface area contributed by atoms with E-state index in [1.54, 1.807) is 6.07 Å². The number of aromatic nitrogens is 2. The lowest BCUT2D eigenvalue weighted by molar-refractivity contribution is 0.102. The van der Waals surface area contributed by atoms with Crippen molar-refractivity contribution in [2.24, 2.45) is 0 Å². The highest BCUT2D eigenvalue weighted by Gasteiger charge is 2.12. The van der Waals surface area contributed by atoms with Crippen molar-refractivity contribution in [3.05, 3.63) is 52.1 Å².